The van der Waals surface area contributed by atoms with Crippen molar-refractivity contribution in [3.8, 4) is 0 Å². The summed E-state index contributed by atoms with van der Waals surface area (Å²) in [6, 6.07) is 12.1. The van der Waals surface area contributed by atoms with Crippen LogP contribution in [0.15, 0.2) is 36.4 Å². The van der Waals surface area contributed by atoms with E-state index < -0.39 is 0 Å². The summed E-state index contributed by atoms with van der Waals surface area (Å²) in [6.45, 7) is 3.88. The number of hydrogen-bond acceptors (Lipinski definition) is 3. The fraction of sp³-hybridized carbons (Fsp3) is 0.312. The summed E-state index contributed by atoms with van der Waals surface area (Å²) in [6.07, 6.45) is 1.10. The smallest absolute Gasteiger partial charge is 0.251 e. The molecule has 1 aromatic heterocycles. The van der Waals surface area contributed by atoms with Crippen molar-refractivity contribution >= 4 is 17.2 Å². The molecule has 20 heavy (non-hydrogen) atoms. The lowest BCUT2D eigenvalue weighted by Gasteiger charge is -2.05. The first kappa shape index (κ1) is 14.8. The number of carbonyl (C=O) groups is 1. The summed E-state index contributed by atoms with van der Waals surface area (Å²) in [5, 5.41) is 6.05. The molecule has 0 aliphatic rings. The highest BCUT2D eigenvalue weighted by molar-refractivity contribution is 7.11. The van der Waals surface area contributed by atoms with E-state index in [1.54, 1.807) is 7.05 Å². The van der Waals surface area contributed by atoms with Crippen LogP contribution in [0.4, 0.5) is 0 Å². The van der Waals surface area contributed by atoms with Gasteiger partial charge < -0.3 is 10.6 Å². The van der Waals surface area contributed by atoms with Gasteiger partial charge in [0.1, 0.15) is 0 Å². The Kier molecular flexibility index (Phi) is 5.32. The van der Waals surface area contributed by atoms with Gasteiger partial charge in [0, 0.05) is 35.5 Å². The minimum Gasteiger partial charge on any atom is -0.355 e. The maximum Gasteiger partial charge on any atom is 0.251 e. The van der Waals surface area contributed by atoms with Gasteiger partial charge in [0.05, 0.1) is 0 Å². The summed E-state index contributed by atoms with van der Waals surface area (Å²) < 4.78 is 0. The fourth-order valence-corrected chi connectivity index (χ4v) is 2.88. The van der Waals surface area contributed by atoms with Gasteiger partial charge in [-0.25, -0.2) is 0 Å². The highest BCUT2D eigenvalue weighted by atomic mass is 32.1. The van der Waals surface area contributed by atoms with E-state index in [-0.39, 0.29) is 5.91 Å². The Hall–Kier alpha value is -1.65. The van der Waals surface area contributed by atoms with Crippen molar-refractivity contribution in [1.82, 2.24) is 10.6 Å². The third-order valence-electron chi connectivity index (χ3n) is 3.14. The van der Waals surface area contributed by atoms with Crippen LogP contribution in [-0.2, 0) is 19.5 Å². The van der Waals surface area contributed by atoms with Crippen LogP contribution in [-0.4, -0.2) is 13.0 Å². The van der Waals surface area contributed by atoms with E-state index in [1.165, 1.54) is 15.3 Å². The van der Waals surface area contributed by atoms with Crippen molar-refractivity contribution in [1.29, 1.82) is 0 Å². The van der Waals surface area contributed by atoms with Crippen molar-refractivity contribution in [3.05, 3.63) is 57.3 Å². The molecular weight excluding hydrogens is 268 g/mol. The number of hydrogen-bond donors (Lipinski definition) is 2. The highest BCUT2D eigenvalue weighted by Gasteiger charge is 2.02. The van der Waals surface area contributed by atoms with Crippen LogP contribution in [0, 0.1) is 0 Å². The van der Waals surface area contributed by atoms with E-state index in [0.717, 1.165) is 19.5 Å². The van der Waals surface area contributed by atoms with Gasteiger partial charge in [-0.05, 0) is 36.2 Å². The number of thiophene rings is 1. The molecule has 4 heteroatoms. The standard InChI is InChI=1S/C16H20N2OS/c1-3-14-8-9-15(20-14)11-18-10-12-4-6-13(7-5-12)16(19)17-2/h4-9,18H,3,10-11H2,1-2H3,(H,17,19). The van der Waals surface area contributed by atoms with Crippen LogP contribution in [0.25, 0.3) is 0 Å². The topological polar surface area (TPSA) is 41.1 Å². The number of nitrogens with one attached hydrogen (secondary N) is 2. The summed E-state index contributed by atoms with van der Waals surface area (Å²) >= 11 is 1.86. The van der Waals surface area contributed by atoms with Crippen LogP contribution >= 0.6 is 11.3 Å². The molecule has 0 bridgehead atoms. The van der Waals surface area contributed by atoms with Crippen LogP contribution in [0.1, 0.15) is 32.6 Å². The number of benzene rings is 1. The lowest BCUT2D eigenvalue weighted by atomic mass is 10.1. The Labute approximate surface area is 124 Å². The third kappa shape index (κ3) is 3.92. The van der Waals surface area contributed by atoms with Gasteiger partial charge in [-0.15, -0.1) is 11.3 Å². The largest absolute Gasteiger partial charge is 0.355 e. The first-order chi connectivity index (χ1) is 9.72. The minimum atomic E-state index is -0.0461. The van der Waals surface area contributed by atoms with E-state index in [4.69, 9.17) is 0 Å². The van der Waals surface area contributed by atoms with Crippen LogP contribution in [0.5, 0.6) is 0 Å². The normalized spacial score (nSPS) is 10.5. The van der Waals surface area contributed by atoms with Crippen molar-refractivity contribution in [2.24, 2.45) is 0 Å². The van der Waals surface area contributed by atoms with E-state index in [1.807, 2.05) is 35.6 Å². The molecule has 0 fully saturated rings. The maximum atomic E-state index is 11.4. The molecule has 2 N–H and O–H groups in total. The van der Waals surface area contributed by atoms with E-state index in [0.29, 0.717) is 5.56 Å². The molecular formula is C16H20N2OS. The molecule has 2 rings (SSSR count). The van der Waals surface area contributed by atoms with Crippen molar-refractivity contribution in [2.75, 3.05) is 7.05 Å². The lowest BCUT2D eigenvalue weighted by Crippen LogP contribution is -2.18. The molecule has 0 aliphatic heterocycles. The molecule has 3 nitrogen and oxygen atoms in total. The second-order valence-electron chi connectivity index (χ2n) is 4.60. The van der Waals surface area contributed by atoms with Crippen LogP contribution in [0.3, 0.4) is 0 Å². The molecule has 1 amide bonds. The Bertz CT molecular complexity index is 560. The van der Waals surface area contributed by atoms with E-state index >= 15 is 0 Å². The predicted molar refractivity (Wildman–Crippen MR) is 84.1 cm³/mol. The van der Waals surface area contributed by atoms with Gasteiger partial charge >= 0.3 is 0 Å². The summed E-state index contributed by atoms with van der Waals surface area (Å²) in [5.41, 5.74) is 1.88. The molecule has 2 aromatic rings. The minimum absolute atomic E-state index is 0.0461. The molecule has 0 atom stereocenters. The molecule has 106 valence electrons. The van der Waals surface area contributed by atoms with Gasteiger partial charge in [0.25, 0.3) is 5.91 Å². The third-order valence-corrected chi connectivity index (χ3v) is 4.37. The zero-order valence-electron chi connectivity index (χ0n) is 11.9. The van der Waals surface area contributed by atoms with E-state index in [2.05, 4.69) is 29.7 Å². The van der Waals surface area contributed by atoms with Gasteiger partial charge in [-0.3, -0.25) is 4.79 Å². The lowest BCUT2D eigenvalue weighted by molar-refractivity contribution is 0.0963. The van der Waals surface area contributed by atoms with Crippen molar-refractivity contribution in [2.45, 2.75) is 26.4 Å². The quantitative estimate of drug-likeness (QED) is 0.858. The average Bonchev–Trinajstić information content (AvgIpc) is 2.95. The molecule has 0 unspecified atom stereocenters. The Morgan fingerprint density at radius 3 is 2.35 bits per heavy atom. The van der Waals surface area contributed by atoms with Gasteiger partial charge in [0.15, 0.2) is 0 Å². The molecule has 0 spiro atoms. The van der Waals surface area contributed by atoms with Crippen molar-refractivity contribution < 1.29 is 4.79 Å². The fourth-order valence-electron chi connectivity index (χ4n) is 1.96. The van der Waals surface area contributed by atoms with E-state index in [9.17, 15) is 4.79 Å². The SMILES string of the molecule is CCc1ccc(CNCc2ccc(C(=O)NC)cc2)s1. The molecule has 1 aromatic carbocycles. The molecule has 0 saturated carbocycles. The molecule has 0 aliphatic carbocycles. The Morgan fingerprint density at radius 1 is 1.05 bits per heavy atom. The monoisotopic (exact) mass is 288 g/mol. The molecule has 0 saturated heterocycles. The first-order valence-electron chi connectivity index (χ1n) is 6.82. The number of rotatable bonds is 6. The summed E-state index contributed by atoms with van der Waals surface area (Å²) in [7, 11) is 1.64. The van der Waals surface area contributed by atoms with Gasteiger partial charge in [0.2, 0.25) is 0 Å². The second kappa shape index (κ2) is 7.22. The molecule has 0 radical (unpaired) electrons. The highest BCUT2D eigenvalue weighted by Crippen LogP contribution is 2.16. The number of carbonyl (C=O) groups excluding carboxylic acids is 1. The van der Waals surface area contributed by atoms with Gasteiger partial charge in [-0.2, -0.15) is 0 Å². The summed E-state index contributed by atoms with van der Waals surface area (Å²) in [5.74, 6) is -0.0461. The van der Waals surface area contributed by atoms with Gasteiger partial charge in [-0.1, -0.05) is 19.1 Å². The number of aryl methyl sites for hydroxylation is 1. The Morgan fingerprint density at radius 2 is 1.75 bits per heavy atom. The predicted octanol–water partition coefficient (Wildman–Crippen LogP) is 2.96. The maximum absolute atomic E-state index is 11.4. The van der Waals surface area contributed by atoms with Crippen LogP contribution < -0.4 is 10.6 Å². The second-order valence-corrected chi connectivity index (χ2v) is 5.85. The summed E-state index contributed by atoms with van der Waals surface area (Å²) in [4.78, 5) is 14.2. The Balaban J connectivity index is 1.83. The average molecular weight is 288 g/mol. The number of amides is 1. The first-order valence-corrected chi connectivity index (χ1v) is 7.64. The van der Waals surface area contributed by atoms with Crippen LogP contribution in [0.2, 0.25) is 0 Å². The van der Waals surface area contributed by atoms with Crippen molar-refractivity contribution in [3.63, 3.8) is 0 Å². The zero-order valence-corrected chi connectivity index (χ0v) is 12.7. The molecule has 1 heterocycles. The zero-order chi connectivity index (χ0) is 14.4.